The molecule has 58 heavy (non-hydrogen) atoms. The number of nitrogens with one attached hydrogen (secondary N) is 10. The molecule has 0 aromatic heterocycles. The lowest BCUT2D eigenvalue weighted by Crippen LogP contribution is -2.58. The predicted molar refractivity (Wildman–Crippen MR) is 206 cm³/mol. The van der Waals surface area contributed by atoms with Crippen LogP contribution >= 0.6 is 0 Å². The summed E-state index contributed by atoms with van der Waals surface area (Å²) < 4.78 is 0. The SMILES string of the molecule is CC(C)[C@H](NC(=O)[C@H](C)NC(=O)[C@H](C)NC(=O)[C@H](C)NC(=O)[C@H](C)NC(=O)[C@H](C)NC(=O)[C@H](C)NC(=O)[C@H](C)NC(=O)[C@H](C)NC(=O)[C@H](C)NC(=O)[C@H](C)N)C(=O)O. The third-order valence-electron chi connectivity index (χ3n) is 8.41. The first-order valence-corrected chi connectivity index (χ1v) is 18.6. The summed E-state index contributed by atoms with van der Waals surface area (Å²) in [6.07, 6.45) is 0. The molecule has 10 amide bonds. The second-order valence-corrected chi connectivity index (χ2v) is 14.4. The number of rotatable bonds is 22. The lowest BCUT2D eigenvalue weighted by molar-refractivity contribution is -0.143. The molecule has 0 aromatic carbocycles. The van der Waals surface area contributed by atoms with Crippen molar-refractivity contribution >= 4 is 65.0 Å². The highest BCUT2D eigenvalue weighted by Gasteiger charge is 2.30. The van der Waals surface area contributed by atoms with Crippen molar-refractivity contribution in [1.29, 1.82) is 0 Å². The van der Waals surface area contributed by atoms with Crippen molar-refractivity contribution in [3.63, 3.8) is 0 Å². The maximum Gasteiger partial charge on any atom is 0.326 e. The van der Waals surface area contributed by atoms with E-state index in [1.807, 2.05) is 0 Å². The zero-order valence-corrected chi connectivity index (χ0v) is 34.9. The van der Waals surface area contributed by atoms with Crippen molar-refractivity contribution in [2.75, 3.05) is 0 Å². The first kappa shape index (κ1) is 52.1. The minimum absolute atomic E-state index is 0.421. The lowest BCUT2D eigenvalue weighted by atomic mass is 10.0. The molecule has 0 aliphatic rings. The molecule has 328 valence electrons. The molecule has 13 N–H and O–H groups in total. The van der Waals surface area contributed by atoms with Crippen molar-refractivity contribution < 1.29 is 57.8 Å². The topological polar surface area (TPSA) is 354 Å². The minimum atomic E-state index is -1.24. The number of hydrogen-bond acceptors (Lipinski definition) is 12. The number of nitrogens with two attached hydrogens (primary N) is 1. The fraction of sp³-hybridized carbons (Fsp3) is 0.686. The fourth-order valence-corrected chi connectivity index (χ4v) is 4.43. The van der Waals surface area contributed by atoms with Crippen LogP contribution in [-0.2, 0) is 52.7 Å². The first-order valence-electron chi connectivity index (χ1n) is 18.6. The molecule has 0 bridgehead atoms. The van der Waals surface area contributed by atoms with E-state index in [0.717, 1.165) is 0 Å². The van der Waals surface area contributed by atoms with Crippen LogP contribution < -0.4 is 58.9 Å². The van der Waals surface area contributed by atoms with Gasteiger partial charge in [-0.05, 0) is 75.2 Å². The van der Waals surface area contributed by atoms with E-state index in [4.69, 9.17) is 5.73 Å². The van der Waals surface area contributed by atoms with Crippen LogP contribution in [0.25, 0.3) is 0 Å². The van der Waals surface area contributed by atoms with Gasteiger partial charge < -0.3 is 64.0 Å². The summed E-state index contributed by atoms with van der Waals surface area (Å²) in [5.74, 6) is -9.05. The van der Waals surface area contributed by atoms with E-state index in [0.29, 0.717) is 0 Å². The molecule has 0 radical (unpaired) electrons. The third-order valence-corrected chi connectivity index (χ3v) is 8.41. The molecule has 0 saturated heterocycles. The van der Waals surface area contributed by atoms with Crippen molar-refractivity contribution in [3.05, 3.63) is 0 Å². The average molecular weight is 828 g/mol. The molecule has 0 aliphatic heterocycles. The molecule has 0 aromatic rings. The molecule has 0 heterocycles. The third kappa shape index (κ3) is 17.9. The van der Waals surface area contributed by atoms with E-state index in [2.05, 4.69) is 53.2 Å². The summed E-state index contributed by atoms with van der Waals surface area (Å²) in [7, 11) is 0. The predicted octanol–water partition coefficient (Wildman–Crippen LogP) is -4.90. The molecular weight excluding hydrogens is 766 g/mol. The molecule has 0 saturated carbocycles. The fourth-order valence-electron chi connectivity index (χ4n) is 4.43. The number of amides is 10. The molecule has 23 nitrogen and oxygen atoms in total. The van der Waals surface area contributed by atoms with Crippen molar-refractivity contribution in [3.8, 4) is 0 Å². The molecule has 0 spiro atoms. The highest BCUT2D eigenvalue weighted by Crippen LogP contribution is 2.03. The van der Waals surface area contributed by atoms with E-state index in [-0.39, 0.29) is 0 Å². The molecule has 11 atom stereocenters. The molecule has 0 fully saturated rings. The number of carbonyl (C=O) groups is 11. The van der Waals surface area contributed by atoms with Gasteiger partial charge in [0.05, 0.1) is 6.04 Å². The van der Waals surface area contributed by atoms with Gasteiger partial charge in [0.2, 0.25) is 59.1 Å². The maximum absolute atomic E-state index is 12.8. The van der Waals surface area contributed by atoms with Gasteiger partial charge in [0.25, 0.3) is 0 Å². The van der Waals surface area contributed by atoms with Crippen LogP contribution in [0.4, 0.5) is 0 Å². The van der Waals surface area contributed by atoms with Crippen molar-refractivity contribution in [2.24, 2.45) is 11.7 Å². The highest BCUT2D eigenvalue weighted by atomic mass is 16.4. The van der Waals surface area contributed by atoms with Gasteiger partial charge in [0, 0.05) is 0 Å². The minimum Gasteiger partial charge on any atom is -0.480 e. The van der Waals surface area contributed by atoms with Crippen LogP contribution in [-0.4, -0.2) is 137 Å². The van der Waals surface area contributed by atoms with Gasteiger partial charge in [-0.25, -0.2) is 4.79 Å². The van der Waals surface area contributed by atoms with Gasteiger partial charge in [-0.1, -0.05) is 13.8 Å². The van der Waals surface area contributed by atoms with Gasteiger partial charge in [0.1, 0.15) is 60.4 Å². The van der Waals surface area contributed by atoms with Crippen molar-refractivity contribution in [2.45, 2.75) is 150 Å². The second-order valence-electron chi connectivity index (χ2n) is 14.4. The quantitative estimate of drug-likeness (QED) is 0.0488. The zero-order valence-electron chi connectivity index (χ0n) is 34.9. The van der Waals surface area contributed by atoms with Crippen LogP contribution in [0.3, 0.4) is 0 Å². The molecule has 0 aliphatic carbocycles. The smallest absolute Gasteiger partial charge is 0.326 e. The Hall–Kier alpha value is -5.87. The normalized spacial score (nSPS) is 16.6. The van der Waals surface area contributed by atoms with E-state index < -0.39 is 137 Å². The van der Waals surface area contributed by atoms with Gasteiger partial charge in [0.15, 0.2) is 0 Å². The van der Waals surface area contributed by atoms with Crippen LogP contribution in [0.2, 0.25) is 0 Å². The summed E-state index contributed by atoms with van der Waals surface area (Å²) in [6.45, 7) is 16.7. The summed E-state index contributed by atoms with van der Waals surface area (Å²) in [5, 5.41) is 33.1. The molecular formula is C35H61N11O12. The summed E-state index contributed by atoms with van der Waals surface area (Å²) in [4.78, 5) is 137. The Morgan fingerprint density at radius 3 is 0.603 bits per heavy atom. The van der Waals surface area contributed by atoms with E-state index in [1.165, 1.54) is 69.2 Å². The summed E-state index contributed by atoms with van der Waals surface area (Å²) >= 11 is 0. The van der Waals surface area contributed by atoms with E-state index in [1.54, 1.807) is 13.8 Å². The molecule has 0 rings (SSSR count). The Kier molecular flexibility index (Phi) is 21.6. The van der Waals surface area contributed by atoms with Crippen LogP contribution in [0.15, 0.2) is 0 Å². The summed E-state index contributed by atoms with van der Waals surface area (Å²) in [5.41, 5.74) is 5.46. The number of carboxylic acids is 1. The lowest BCUT2D eigenvalue weighted by Gasteiger charge is -2.24. The Balaban J connectivity index is 4.92. The molecule has 23 heteroatoms. The summed E-state index contributed by atoms with van der Waals surface area (Å²) in [6, 6.07) is -12.4. The van der Waals surface area contributed by atoms with Gasteiger partial charge in [-0.15, -0.1) is 0 Å². The van der Waals surface area contributed by atoms with Crippen LogP contribution in [0.5, 0.6) is 0 Å². The van der Waals surface area contributed by atoms with E-state index in [9.17, 15) is 57.8 Å². The van der Waals surface area contributed by atoms with Crippen LogP contribution in [0, 0.1) is 5.92 Å². The highest BCUT2D eigenvalue weighted by molar-refractivity contribution is 5.98. The number of aliphatic carboxylic acids is 1. The Bertz CT molecular complexity index is 1560. The largest absolute Gasteiger partial charge is 0.480 e. The monoisotopic (exact) mass is 827 g/mol. The maximum atomic E-state index is 12.8. The van der Waals surface area contributed by atoms with Crippen molar-refractivity contribution in [1.82, 2.24) is 53.2 Å². The van der Waals surface area contributed by atoms with Gasteiger partial charge in [-0.3, -0.25) is 47.9 Å². The number of hydrogen-bond donors (Lipinski definition) is 12. The van der Waals surface area contributed by atoms with E-state index >= 15 is 0 Å². The standard InChI is InChI=1S/C35H61N11O12/c1-13(2)24(35(57)58)46-34(56)23(12)45-33(55)22(11)44-32(54)21(10)43-31(53)20(9)42-30(52)19(8)41-29(51)18(7)40-28(50)17(6)39-27(49)16(5)38-26(48)15(4)37-25(47)14(3)36/h13-24H,36H2,1-12H3,(H,37,47)(H,38,48)(H,39,49)(H,40,50)(H,41,51)(H,42,52)(H,43,53)(H,44,54)(H,45,55)(H,46,56)(H,57,58)/t14-,15-,16-,17-,18-,19-,20-,21-,22-,23-,24-/m0/s1. The Morgan fingerprint density at radius 1 is 0.310 bits per heavy atom. The van der Waals surface area contributed by atoms with Gasteiger partial charge >= 0.3 is 5.97 Å². The number of carboxylic acid groups (broad SMARTS) is 1. The number of carbonyl (C=O) groups excluding carboxylic acids is 10. The zero-order chi connectivity index (χ0) is 45.4. The Morgan fingerprint density at radius 2 is 0.466 bits per heavy atom. The second kappa shape index (κ2) is 24.0. The van der Waals surface area contributed by atoms with Gasteiger partial charge in [-0.2, -0.15) is 0 Å². The molecule has 0 unspecified atom stereocenters. The van der Waals surface area contributed by atoms with Crippen LogP contribution in [0.1, 0.15) is 83.1 Å². The Labute approximate surface area is 337 Å². The average Bonchev–Trinajstić information content (AvgIpc) is 3.12. The first-order chi connectivity index (χ1) is 26.6.